The fraction of sp³-hybridized carbons (Fsp3) is 0.727. The minimum Gasteiger partial charge on any atom is -0.368 e. The molecular weight excluding hydrogens is 228 g/mol. The van der Waals surface area contributed by atoms with Crippen LogP contribution in [0.5, 0.6) is 0 Å². The molecule has 2 atom stereocenters. The van der Waals surface area contributed by atoms with Gasteiger partial charge in [-0.05, 0) is 26.3 Å². The summed E-state index contributed by atoms with van der Waals surface area (Å²) in [5.74, 6) is -0.0441. The molecule has 0 bridgehead atoms. The largest absolute Gasteiger partial charge is 0.368 e. The van der Waals surface area contributed by atoms with Crippen molar-refractivity contribution in [1.82, 2.24) is 10.6 Å². The SMILES string of the molecule is C=CCOCC(=O)NC1CCCNC1C.Cl. The molecule has 16 heavy (non-hydrogen) atoms. The molecule has 0 aliphatic carbocycles. The average molecular weight is 249 g/mol. The maximum absolute atomic E-state index is 11.4. The predicted octanol–water partition coefficient (Wildman–Crippen LogP) is 0.867. The van der Waals surface area contributed by atoms with Crippen molar-refractivity contribution in [3.63, 3.8) is 0 Å². The maximum atomic E-state index is 11.4. The van der Waals surface area contributed by atoms with Crippen molar-refractivity contribution in [2.75, 3.05) is 19.8 Å². The molecule has 1 fully saturated rings. The molecule has 0 aromatic carbocycles. The van der Waals surface area contributed by atoms with Crippen molar-refractivity contribution in [2.45, 2.75) is 31.8 Å². The summed E-state index contributed by atoms with van der Waals surface area (Å²) in [5, 5.41) is 6.30. The van der Waals surface area contributed by atoms with E-state index < -0.39 is 0 Å². The zero-order chi connectivity index (χ0) is 11.1. The van der Waals surface area contributed by atoms with Crippen LogP contribution in [-0.2, 0) is 9.53 Å². The lowest BCUT2D eigenvalue weighted by molar-refractivity contribution is -0.126. The van der Waals surface area contributed by atoms with Crippen LogP contribution in [0.4, 0.5) is 0 Å². The van der Waals surface area contributed by atoms with Crippen LogP contribution in [0.25, 0.3) is 0 Å². The molecule has 1 saturated heterocycles. The van der Waals surface area contributed by atoms with Crippen molar-refractivity contribution in [2.24, 2.45) is 0 Å². The molecule has 2 unspecified atom stereocenters. The Morgan fingerprint density at radius 3 is 3.06 bits per heavy atom. The number of piperidine rings is 1. The highest BCUT2D eigenvalue weighted by molar-refractivity contribution is 5.85. The summed E-state index contributed by atoms with van der Waals surface area (Å²) in [6, 6.07) is 0.584. The summed E-state index contributed by atoms with van der Waals surface area (Å²) in [6.07, 6.45) is 3.79. The van der Waals surface area contributed by atoms with Gasteiger partial charge in [0.1, 0.15) is 6.61 Å². The van der Waals surface area contributed by atoms with Crippen molar-refractivity contribution in [3.05, 3.63) is 12.7 Å². The highest BCUT2D eigenvalue weighted by Crippen LogP contribution is 2.07. The molecule has 1 aliphatic heterocycles. The van der Waals surface area contributed by atoms with Gasteiger partial charge in [-0.25, -0.2) is 0 Å². The van der Waals surface area contributed by atoms with Gasteiger partial charge < -0.3 is 15.4 Å². The second-order valence-corrected chi connectivity index (χ2v) is 3.86. The topological polar surface area (TPSA) is 50.4 Å². The Labute approximate surface area is 103 Å². The molecule has 0 radical (unpaired) electrons. The highest BCUT2D eigenvalue weighted by Gasteiger charge is 2.21. The van der Waals surface area contributed by atoms with E-state index >= 15 is 0 Å². The molecule has 1 rings (SSSR count). The summed E-state index contributed by atoms with van der Waals surface area (Å²) in [4.78, 5) is 11.4. The third-order valence-electron chi connectivity index (χ3n) is 2.58. The van der Waals surface area contributed by atoms with E-state index in [9.17, 15) is 4.79 Å². The zero-order valence-electron chi connectivity index (χ0n) is 9.70. The fourth-order valence-corrected chi connectivity index (χ4v) is 1.72. The van der Waals surface area contributed by atoms with Crippen molar-refractivity contribution >= 4 is 18.3 Å². The standard InChI is InChI=1S/C11H20N2O2.ClH/c1-3-7-15-8-11(14)13-10-5-4-6-12-9(10)2;/h3,9-10,12H,1,4-8H2,2H3,(H,13,14);1H. The number of nitrogens with one attached hydrogen (secondary N) is 2. The lowest BCUT2D eigenvalue weighted by atomic mass is 10.00. The lowest BCUT2D eigenvalue weighted by Crippen LogP contribution is -2.52. The minimum atomic E-state index is -0.0441. The molecule has 0 saturated carbocycles. The van der Waals surface area contributed by atoms with Gasteiger partial charge in [0.2, 0.25) is 5.91 Å². The fourth-order valence-electron chi connectivity index (χ4n) is 1.72. The second-order valence-electron chi connectivity index (χ2n) is 3.86. The molecule has 1 amide bonds. The molecule has 0 aromatic rings. The Bertz CT molecular complexity index is 224. The van der Waals surface area contributed by atoms with Crippen LogP contribution in [0.2, 0.25) is 0 Å². The third-order valence-corrected chi connectivity index (χ3v) is 2.58. The minimum absolute atomic E-state index is 0. The van der Waals surface area contributed by atoms with Crippen LogP contribution < -0.4 is 10.6 Å². The van der Waals surface area contributed by atoms with Gasteiger partial charge in [-0.1, -0.05) is 6.08 Å². The number of carbonyl (C=O) groups excluding carboxylic acids is 1. The normalized spacial score (nSPS) is 24.3. The number of ether oxygens (including phenoxy) is 1. The van der Waals surface area contributed by atoms with Gasteiger partial charge in [0.25, 0.3) is 0 Å². The molecule has 1 aliphatic rings. The average Bonchev–Trinajstić information content (AvgIpc) is 2.22. The van der Waals surface area contributed by atoms with Crippen molar-refractivity contribution < 1.29 is 9.53 Å². The van der Waals surface area contributed by atoms with Crippen LogP contribution in [0.1, 0.15) is 19.8 Å². The molecule has 5 heteroatoms. The number of amides is 1. The van der Waals surface area contributed by atoms with E-state index in [4.69, 9.17) is 4.74 Å². The zero-order valence-corrected chi connectivity index (χ0v) is 10.5. The first-order valence-electron chi connectivity index (χ1n) is 5.45. The Morgan fingerprint density at radius 1 is 1.69 bits per heavy atom. The first-order chi connectivity index (χ1) is 7.24. The van der Waals surface area contributed by atoms with E-state index in [1.54, 1.807) is 6.08 Å². The summed E-state index contributed by atoms with van der Waals surface area (Å²) in [7, 11) is 0. The highest BCUT2D eigenvalue weighted by atomic mass is 35.5. The van der Waals surface area contributed by atoms with E-state index in [0.717, 1.165) is 19.4 Å². The Morgan fingerprint density at radius 2 is 2.44 bits per heavy atom. The summed E-state index contributed by atoms with van der Waals surface area (Å²) >= 11 is 0. The van der Waals surface area contributed by atoms with E-state index in [0.29, 0.717) is 12.6 Å². The quantitative estimate of drug-likeness (QED) is 0.561. The van der Waals surface area contributed by atoms with E-state index in [2.05, 4.69) is 24.1 Å². The number of rotatable bonds is 5. The molecular formula is C11H21ClN2O2. The van der Waals surface area contributed by atoms with Crippen molar-refractivity contribution in [1.29, 1.82) is 0 Å². The smallest absolute Gasteiger partial charge is 0.246 e. The van der Waals surface area contributed by atoms with Gasteiger partial charge in [-0.2, -0.15) is 0 Å². The lowest BCUT2D eigenvalue weighted by Gasteiger charge is -2.30. The van der Waals surface area contributed by atoms with Crippen LogP contribution in [0, 0.1) is 0 Å². The van der Waals surface area contributed by atoms with Crippen LogP contribution in [-0.4, -0.2) is 37.7 Å². The Kier molecular flexibility index (Phi) is 8.25. The Hall–Kier alpha value is -0.580. The van der Waals surface area contributed by atoms with Gasteiger partial charge in [0, 0.05) is 12.1 Å². The van der Waals surface area contributed by atoms with Gasteiger partial charge in [-0.3, -0.25) is 4.79 Å². The molecule has 2 N–H and O–H groups in total. The van der Waals surface area contributed by atoms with Crippen molar-refractivity contribution in [3.8, 4) is 0 Å². The number of carbonyl (C=O) groups is 1. The predicted molar refractivity (Wildman–Crippen MR) is 66.9 cm³/mol. The summed E-state index contributed by atoms with van der Waals surface area (Å²) in [6.45, 7) is 7.20. The third kappa shape index (κ3) is 5.49. The molecule has 1 heterocycles. The van der Waals surface area contributed by atoms with Crippen LogP contribution in [0.15, 0.2) is 12.7 Å². The van der Waals surface area contributed by atoms with Crippen LogP contribution >= 0.6 is 12.4 Å². The van der Waals surface area contributed by atoms with Gasteiger partial charge in [0.15, 0.2) is 0 Å². The maximum Gasteiger partial charge on any atom is 0.246 e. The van der Waals surface area contributed by atoms with E-state index in [-0.39, 0.29) is 31.0 Å². The second kappa shape index (κ2) is 8.56. The van der Waals surface area contributed by atoms with Gasteiger partial charge in [0.05, 0.1) is 6.61 Å². The van der Waals surface area contributed by atoms with E-state index in [1.165, 1.54) is 0 Å². The number of hydrogen-bond acceptors (Lipinski definition) is 3. The summed E-state index contributed by atoms with van der Waals surface area (Å²) < 4.78 is 5.07. The van der Waals surface area contributed by atoms with E-state index in [1.807, 2.05) is 0 Å². The molecule has 0 spiro atoms. The summed E-state index contributed by atoms with van der Waals surface area (Å²) in [5.41, 5.74) is 0. The first-order valence-corrected chi connectivity index (χ1v) is 5.45. The van der Waals surface area contributed by atoms with Gasteiger partial charge >= 0.3 is 0 Å². The number of halogens is 1. The first kappa shape index (κ1) is 15.4. The molecule has 4 nitrogen and oxygen atoms in total. The Balaban J connectivity index is 0.00000225. The monoisotopic (exact) mass is 248 g/mol. The number of hydrogen-bond donors (Lipinski definition) is 2. The molecule has 94 valence electrons. The van der Waals surface area contributed by atoms with Crippen LogP contribution in [0.3, 0.4) is 0 Å². The molecule has 0 aromatic heterocycles. The van der Waals surface area contributed by atoms with Gasteiger partial charge in [-0.15, -0.1) is 19.0 Å².